The molecule has 1 aromatic carbocycles. The summed E-state index contributed by atoms with van der Waals surface area (Å²) in [6.45, 7) is 6.00. The standard InChI is InChI=1S/C15H18O7.C2H4.CH4O/c1-19-11-6-13(15(18)20-2)22-14(7-11)21-10-4-3-9(8-16)12(17)5-10;2*1-2/h3-5,8,11,13-14,17H,6-7H2,1-2H3;1-2H2;2H,1H3. The highest BCUT2D eigenvalue weighted by Gasteiger charge is 2.35. The van der Waals surface area contributed by atoms with Crippen LogP contribution in [0.3, 0.4) is 0 Å². The Kier molecular flexibility index (Phi) is 11.7. The van der Waals surface area contributed by atoms with Gasteiger partial charge in [-0.3, -0.25) is 4.79 Å². The van der Waals surface area contributed by atoms with Gasteiger partial charge in [0.05, 0.1) is 18.8 Å². The van der Waals surface area contributed by atoms with Gasteiger partial charge in [-0.05, 0) is 12.1 Å². The van der Waals surface area contributed by atoms with Crippen LogP contribution in [0.1, 0.15) is 23.2 Å². The molecule has 1 aliphatic heterocycles. The zero-order chi connectivity index (χ0) is 20.1. The Balaban J connectivity index is 0.00000146. The molecule has 0 aromatic heterocycles. The lowest BCUT2D eigenvalue weighted by molar-refractivity contribution is -0.200. The monoisotopic (exact) mass is 370 g/mol. The molecule has 0 bridgehead atoms. The summed E-state index contributed by atoms with van der Waals surface area (Å²) in [7, 11) is 3.83. The molecule has 1 saturated heterocycles. The number of aromatic hydroxyl groups is 1. The average Bonchev–Trinajstić information content (AvgIpc) is 2.70. The summed E-state index contributed by atoms with van der Waals surface area (Å²) in [6.07, 6.45) is -0.324. The van der Waals surface area contributed by atoms with E-state index in [0.717, 1.165) is 7.11 Å². The quantitative estimate of drug-likeness (QED) is 0.457. The van der Waals surface area contributed by atoms with Crippen molar-refractivity contribution in [3.05, 3.63) is 36.9 Å². The molecule has 146 valence electrons. The van der Waals surface area contributed by atoms with Crippen molar-refractivity contribution >= 4 is 12.3 Å². The molecule has 1 aliphatic rings. The van der Waals surface area contributed by atoms with E-state index in [9.17, 15) is 14.7 Å². The molecule has 8 heteroatoms. The van der Waals surface area contributed by atoms with Crippen LogP contribution in [-0.2, 0) is 19.0 Å². The zero-order valence-electron chi connectivity index (χ0n) is 15.2. The number of hydrogen-bond acceptors (Lipinski definition) is 8. The zero-order valence-corrected chi connectivity index (χ0v) is 15.2. The molecule has 1 heterocycles. The largest absolute Gasteiger partial charge is 0.507 e. The Labute approximate surface area is 152 Å². The number of ether oxygens (including phenoxy) is 4. The molecule has 0 saturated carbocycles. The first-order valence-corrected chi connectivity index (χ1v) is 7.73. The first-order chi connectivity index (χ1) is 12.6. The van der Waals surface area contributed by atoms with E-state index in [1.807, 2.05) is 0 Å². The van der Waals surface area contributed by atoms with Gasteiger partial charge in [0.2, 0.25) is 6.29 Å². The Morgan fingerprint density at radius 1 is 1.27 bits per heavy atom. The molecular formula is C18H26O8. The van der Waals surface area contributed by atoms with Gasteiger partial charge in [-0.1, -0.05) is 0 Å². The van der Waals surface area contributed by atoms with Crippen LogP contribution in [0.4, 0.5) is 0 Å². The van der Waals surface area contributed by atoms with Gasteiger partial charge in [0.25, 0.3) is 0 Å². The molecule has 1 aromatic rings. The van der Waals surface area contributed by atoms with Crippen molar-refractivity contribution in [2.45, 2.75) is 31.3 Å². The number of benzene rings is 1. The van der Waals surface area contributed by atoms with Gasteiger partial charge < -0.3 is 29.2 Å². The molecule has 3 unspecified atom stereocenters. The minimum absolute atomic E-state index is 0.166. The highest BCUT2D eigenvalue weighted by atomic mass is 16.7. The molecule has 0 amide bonds. The van der Waals surface area contributed by atoms with Crippen LogP contribution in [0.15, 0.2) is 31.4 Å². The van der Waals surface area contributed by atoms with Crippen molar-refractivity contribution in [2.24, 2.45) is 0 Å². The van der Waals surface area contributed by atoms with E-state index >= 15 is 0 Å². The number of phenolic OH excluding ortho intramolecular Hbond substituents is 1. The van der Waals surface area contributed by atoms with Crippen LogP contribution >= 0.6 is 0 Å². The smallest absolute Gasteiger partial charge is 0.335 e. The minimum atomic E-state index is -0.767. The second-order valence-corrected chi connectivity index (χ2v) is 4.86. The van der Waals surface area contributed by atoms with Gasteiger partial charge in [-0.15, -0.1) is 13.2 Å². The van der Waals surface area contributed by atoms with Gasteiger partial charge >= 0.3 is 5.97 Å². The van der Waals surface area contributed by atoms with Crippen LogP contribution in [0.2, 0.25) is 0 Å². The van der Waals surface area contributed by atoms with Crippen molar-refractivity contribution in [1.82, 2.24) is 0 Å². The normalized spacial score (nSPS) is 21.2. The first-order valence-electron chi connectivity index (χ1n) is 7.73. The van der Waals surface area contributed by atoms with Crippen molar-refractivity contribution < 1.29 is 38.7 Å². The maximum atomic E-state index is 11.6. The molecular weight excluding hydrogens is 344 g/mol. The van der Waals surface area contributed by atoms with Gasteiger partial charge in [0, 0.05) is 33.1 Å². The number of hydrogen-bond donors (Lipinski definition) is 2. The summed E-state index contributed by atoms with van der Waals surface area (Å²) in [5.74, 6) is -0.348. The number of aldehydes is 1. The molecule has 3 atom stereocenters. The van der Waals surface area contributed by atoms with E-state index in [1.165, 1.54) is 25.3 Å². The molecule has 26 heavy (non-hydrogen) atoms. The number of carbonyl (C=O) groups excluding carboxylic acids is 2. The predicted octanol–water partition coefficient (Wildman–Crippen LogP) is 1.69. The maximum Gasteiger partial charge on any atom is 0.335 e. The third-order valence-electron chi connectivity index (χ3n) is 3.44. The van der Waals surface area contributed by atoms with Crippen LogP contribution in [-0.4, -0.2) is 62.3 Å². The number of phenols is 1. The van der Waals surface area contributed by atoms with Crippen molar-refractivity contribution in [3.8, 4) is 11.5 Å². The maximum absolute atomic E-state index is 11.6. The Hall–Kier alpha value is -2.42. The topological polar surface area (TPSA) is 112 Å². The third-order valence-corrected chi connectivity index (χ3v) is 3.44. The number of esters is 1. The molecule has 2 N–H and O–H groups in total. The summed E-state index contributed by atoms with van der Waals surface area (Å²) >= 11 is 0. The van der Waals surface area contributed by atoms with Gasteiger partial charge in [0.1, 0.15) is 11.5 Å². The lowest BCUT2D eigenvalue weighted by Crippen LogP contribution is -2.43. The Morgan fingerprint density at radius 3 is 2.42 bits per heavy atom. The summed E-state index contributed by atoms with van der Waals surface area (Å²) in [5, 5.41) is 16.6. The van der Waals surface area contributed by atoms with Crippen molar-refractivity contribution in [2.75, 3.05) is 21.3 Å². The summed E-state index contributed by atoms with van der Waals surface area (Å²) in [4.78, 5) is 22.3. The van der Waals surface area contributed by atoms with Crippen molar-refractivity contribution in [3.63, 3.8) is 0 Å². The van der Waals surface area contributed by atoms with Crippen LogP contribution in [0.5, 0.6) is 11.5 Å². The third kappa shape index (κ3) is 6.83. The van der Waals surface area contributed by atoms with E-state index in [1.54, 1.807) is 7.11 Å². The lowest BCUT2D eigenvalue weighted by atomic mass is 10.0. The van der Waals surface area contributed by atoms with E-state index in [4.69, 9.17) is 19.3 Å². The number of carbonyl (C=O) groups is 2. The van der Waals surface area contributed by atoms with Crippen LogP contribution < -0.4 is 4.74 Å². The predicted molar refractivity (Wildman–Crippen MR) is 94.2 cm³/mol. The lowest BCUT2D eigenvalue weighted by Gasteiger charge is -2.33. The number of rotatable bonds is 5. The second kappa shape index (κ2) is 12.9. The van der Waals surface area contributed by atoms with E-state index < -0.39 is 18.4 Å². The fourth-order valence-electron chi connectivity index (χ4n) is 2.24. The fourth-order valence-corrected chi connectivity index (χ4v) is 2.24. The van der Waals surface area contributed by atoms with Gasteiger partial charge in [-0.2, -0.15) is 0 Å². The molecule has 0 radical (unpaired) electrons. The van der Waals surface area contributed by atoms with E-state index in [2.05, 4.69) is 17.9 Å². The number of aliphatic hydroxyl groups excluding tert-OH is 1. The highest BCUT2D eigenvalue weighted by Crippen LogP contribution is 2.28. The van der Waals surface area contributed by atoms with Gasteiger partial charge in [-0.25, -0.2) is 4.79 Å². The molecule has 2 rings (SSSR count). The Bertz CT molecular complexity index is 560. The summed E-state index contributed by atoms with van der Waals surface area (Å²) in [5.41, 5.74) is 0.166. The van der Waals surface area contributed by atoms with E-state index in [0.29, 0.717) is 24.9 Å². The van der Waals surface area contributed by atoms with E-state index in [-0.39, 0.29) is 17.4 Å². The SMILES string of the molecule is C=C.CO.COC(=O)C1CC(OC)CC(Oc2ccc(C=O)c(O)c2)O1. The molecule has 1 fully saturated rings. The second-order valence-electron chi connectivity index (χ2n) is 4.86. The number of aliphatic hydroxyl groups is 1. The molecule has 8 nitrogen and oxygen atoms in total. The highest BCUT2D eigenvalue weighted by molar-refractivity contribution is 5.79. The van der Waals surface area contributed by atoms with Crippen molar-refractivity contribution in [1.29, 1.82) is 0 Å². The Morgan fingerprint density at radius 2 is 1.92 bits per heavy atom. The summed E-state index contributed by atoms with van der Waals surface area (Å²) in [6, 6.07) is 4.29. The van der Waals surface area contributed by atoms with Gasteiger partial charge in [0.15, 0.2) is 12.4 Å². The molecule has 0 aliphatic carbocycles. The van der Waals surface area contributed by atoms with Crippen LogP contribution in [0, 0.1) is 0 Å². The fraction of sp³-hybridized carbons (Fsp3) is 0.444. The molecule has 0 spiro atoms. The first kappa shape index (κ1) is 23.6. The minimum Gasteiger partial charge on any atom is -0.507 e. The van der Waals surface area contributed by atoms with Crippen LogP contribution in [0.25, 0.3) is 0 Å². The average molecular weight is 370 g/mol. The summed E-state index contributed by atoms with van der Waals surface area (Å²) < 4.78 is 21.1. The number of methoxy groups -OCH3 is 2.